The van der Waals surface area contributed by atoms with Gasteiger partial charge in [0.05, 0.1) is 6.61 Å². The van der Waals surface area contributed by atoms with Crippen LogP contribution in [0.25, 0.3) is 0 Å². The Morgan fingerprint density at radius 1 is 1.50 bits per heavy atom. The van der Waals surface area contributed by atoms with Crippen molar-refractivity contribution in [2.24, 2.45) is 11.3 Å². The highest BCUT2D eigenvalue weighted by Crippen LogP contribution is 2.44. The molecule has 1 aliphatic carbocycles. The summed E-state index contributed by atoms with van der Waals surface area (Å²) in [4.78, 5) is 0. The molecule has 0 saturated carbocycles. The molecule has 0 radical (unpaired) electrons. The number of aliphatic hydroxyl groups is 1. The number of rotatable bonds is 5. The first-order valence-corrected chi connectivity index (χ1v) is 6.90. The van der Waals surface area contributed by atoms with Crippen molar-refractivity contribution >= 4 is 0 Å². The van der Waals surface area contributed by atoms with E-state index < -0.39 is 0 Å². The summed E-state index contributed by atoms with van der Waals surface area (Å²) in [7, 11) is 0. The molecule has 102 valence electrons. The molecule has 1 heterocycles. The van der Waals surface area contributed by atoms with Crippen LogP contribution in [0.3, 0.4) is 0 Å². The van der Waals surface area contributed by atoms with Crippen LogP contribution in [0.15, 0.2) is 16.9 Å². The first kappa shape index (κ1) is 13.8. The van der Waals surface area contributed by atoms with Gasteiger partial charge in [-0.05, 0) is 24.8 Å². The molecule has 2 unspecified atom stereocenters. The minimum Gasteiger partial charge on any atom is -0.396 e. The van der Waals surface area contributed by atoms with Crippen molar-refractivity contribution in [2.75, 3.05) is 19.8 Å². The second kappa shape index (κ2) is 5.58. The standard InChI is InChI=1S/C15H24O3/c1-11(9-16)13-8-12(15(13,2)3)10-18-14-6-4-5-7-17-14/h11,14,16H,4-7,9-10H2,1-3H3. The molecule has 3 heteroatoms. The third kappa shape index (κ3) is 2.70. The first-order valence-electron chi connectivity index (χ1n) is 6.90. The van der Waals surface area contributed by atoms with Gasteiger partial charge in [-0.1, -0.05) is 20.8 Å². The summed E-state index contributed by atoms with van der Waals surface area (Å²) in [5.41, 5.74) is 5.75. The normalized spacial score (nSPS) is 28.1. The average Bonchev–Trinajstić information content (AvgIpc) is 2.38. The molecule has 0 spiro atoms. The van der Waals surface area contributed by atoms with Crippen LogP contribution in [0.4, 0.5) is 0 Å². The largest absolute Gasteiger partial charge is 0.396 e. The Morgan fingerprint density at radius 2 is 2.28 bits per heavy atom. The lowest BCUT2D eigenvalue weighted by Gasteiger charge is -2.38. The Hall–Kier alpha value is -0.600. The van der Waals surface area contributed by atoms with Crippen LogP contribution in [-0.2, 0) is 9.47 Å². The summed E-state index contributed by atoms with van der Waals surface area (Å²) < 4.78 is 11.3. The van der Waals surface area contributed by atoms with E-state index in [1.807, 2.05) is 6.92 Å². The molecule has 1 aliphatic heterocycles. The van der Waals surface area contributed by atoms with Crippen molar-refractivity contribution in [2.45, 2.75) is 46.3 Å². The minimum atomic E-state index is -0.0387. The van der Waals surface area contributed by atoms with Gasteiger partial charge in [-0.15, -0.1) is 5.73 Å². The molecule has 0 aromatic carbocycles. The highest BCUT2D eigenvalue weighted by molar-refractivity contribution is 5.38. The summed E-state index contributed by atoms with van der Waals surface area (Å²) in [5.74, 6) is 0.190. The maximum atomic E-state index is 9.20. The van der Waals surface area contributed by atoms with Crippen LogP contribution >= 0.6 is 0 Å². The Labute approximate surface area is 109 Å². The van der Waals surface area contributed by atoms with Gasteiger partial charge in [0.1, 0.15) is 0 Å². The van der Waals surface area contributed by atoms with E-state index in [1.54, 1.807) is 0 Å². The fourth-order valence-electron chi connectivity index (χ4n) is 2.64. The van der Waals surface area contributed by atoms with E-state index in [0.29, 0.717) is 6.61 Å². The quantitative estimate of drug-likeness (QED) is 0.764. The highest BCUT2D eigenvalue weighted by atomic mass is 16.7. The third-order valence-corrected chi connectivity index (χ3v) is 4.03. The van der Waals surface area contributed by atoms with E-state index in [4.69, 9.17) is 9.47 Å². The van der Waals surface area contributed by atoms with E-state index >= 15 is 0 Å². The molecule has 0 amide bonds. The predicted octanol–water partition coefficient (Wildman–Crippen LogP) is 2.65. The summed E-state index contributed by atoms with van der Waals surface area (Å²) in [6.45, 7) is 7.98. The van der Waals surface area contributed by atoms with Gasteiger partial charge in [0.25, 0.3) is 0 Å². The van der Waals surface area contributed by atoms with Crippen LogP contribution in [0.1, 0.15) is 40.0 Å². The van der Waals surface area contributed by atoms with Crippen molar-refractivity contribution in [1.82, 2.24) is 0 Å². The van der Waals surface area contributed by atoms with Crippen molar-refractivity contribution in [3.8, 4) is 0 Å². The molecule has 2 atom stereocenters. The van der Waals surface area contributed by atoms with Gasteiger partial charge in [0.2, 0.25) is 0 Å². The molecule has 1 fully saturated rings. The summed E-state index contributed by atoms with van der Waals surface area (Å²) in [6.07, 6.45) is 3.29. The van der Waals surface area contributed by atoms with Gasteiger partial charge in [0.15, 0.2) is 6.29 Å². The van der Waals surface area contributed by atoms with Gasteiger partial charge in [0, 0.05) is 30.1 Å². The predicted molar refractivity (Wildman–Crippen MR) is 70.1 cm³/mol. The smallest absolute Gasteiger partial charge is 0.158 e. The molecule has 3 nitrogen and oxygen atoms in total. The topological polar surface area (TPSA) is 38.7 Å². The van der Waals surface area contributed by atoms with Crippen LogP contribution in [0.5, 0.6) is 0 Å². The second-order valence-electron chi connectivity index (χ2n) is 5.83. The molecule has 2 rings (SSSR count). The van der Waals surface area contributed by atoms with Crippen LogP contribution in [0, 0.1) is 11.3 Å². The molecule has 0 aromatic rings. The van der Waals surface area contributed by atoms with Gasteiger partial charge >= 0.3 is 0 Å². The molecular formula is C15H24O3. The molecule has 2 aliphatic rings. The fourth-order valence-corrected chi connectivity index (χ4v) is 2.64. The summed E-state index contributed by atoms with van der Waals surface area (Å²) >= 11 is 0. The lowest BCUT2D eigenvalue weighted by Crippen LogP contribution is -2.33. The SMILES string of the molecule is CC(CO)C1=C=C(COC2CCCCO2)C1(C)C. The van der Waals surface area contributed by atoms with Gasteiger partial charge in [-0.3, -0.25) is 0 Å². The van der Waals surface area contributed by atoms with Crippen molar-refractivity contribution in [3.63, 3.8) is 0 Å². The van der Waals surface area contributed by atoms with Crippen LogP contribution in [-0.4, -0.2) is 31.2 Å². The molecule has 0 aromatic heterocycles. The molecule has 1 N–H and O–H groups in total. The lowest BCUT2D eigenvalue weighted by atomic mass is 9.67. The van der Waals surface area contributed by atoms with E-state index in [1.165, 1.54) is 17.6 Å². The zero-order chi connectivity index (χ0) is 13.2. The van der Waals surface area contributed by atoms with Gasteiger partial charge in [-0.2, -0.15) is 0 Å². The average molecular weight is 252 g/mol. The van der Waals surface area contributed by atoms with E-state index in [9.17, 15) is 5.11 Å². The molecule has 0 bridgehead atoms. The zero-order valence-corrected chi connectivity index (χ0v) is 11.7. The molecule has 1 saturated heterocycles. The second-order valence-corrected chi connectivity index (χ2v) is 5.83. The maximum Gasteiger partial charge on any atom is 0.158 e. The number of ether oxygens (including phenoxy) is 2. The summed E-state index contributed by atoms with van der Waals surface area (Å²) in [5, 5.41) is 9.20. The lowest BCUT2D eigenvalue weighted by molar-refractivity contribution is -0.158. The van der Waals surface area contributed by atoms with Crippen molar-refractivity contribution in [3.05, 3.63) is 16.9 Å². The van der Waals surface area contributed by atoms with Crippen LogP contribution < -0.4 is 0 Å². The Morgan fingerprint density at radius 3 is 2.83 bits per heavy atom. The van der Waals surface area contributed by atoms with Gasteiger partial charge < -0.3 is 14.6 Å². The van der Waals surface area contributed by atoms with Crippen LogP contribution in [0.2, 0.25) is 0 Å². The number of hydrogen-bond acceptors (Lipinski definition) is 3. The Bertz CT molecular complexity index is 358. The number of aliphatic hydroxyl groups excluding tert-OH is 1. The van der Waals surface area contributed by atoms with E-state index in [2.05, 4.69) is 19.6 Å². The zero-order valence-electron chi connectivity index (χ0n) is 11.7. The van der Waals surface area contributed by atoms with E-state index in [0.717, 1.165) is 19.4 Å². The van der Waals surface area contributed by atoms with Gasteiger partial charge in [-0.25, -0.2) is 0 Å². The molecule has 18 heavy (non-hydrogen) atoms. The maximum absolute atomic E-state index is 9.20. The van der Waals surface area contributed by atoms with E-state index in [-0.39, 0.29) is 24.2 Å². The highest BCUT2D eigenvalue weighted by Gasteiger charge is 2.37. The van der Waals surface area contributed by atoms with Crippen molar-refractivity contribution in [1.29, 1.82) is 0 Å². The third-order valence-electron chi connectivity index (χ3n) is 4.03. The Balaban J connectivity index is 1.91. The summed E-state index contributed by atoms with van der Waals surface area (Å²) in [6, 6.07) is 0. The first-order chi connectivity index (χ1) is 8.55. The van der Waals surface area contributed by atoms with Crippen molar-refractivity contribution < 1.29 is 14.6 Å². The fraction of sp³-hybridized carbons (Fsp3) is 0.800. The Kier molecular flexibility index (Phi) is 4.29. The monoisotopic (exact) mass is 252 g/mol. The number of hydrogen-bond donors (Lipinski definition) is 1. The molecular weight excluding hydrogens is 228 g/mol. The minimum absolute atomic E-state index is 0.0107.